The summed E-state index contributed by atoms with van der Waals surface area (Å²) in [5, 5.41) is 5.05. The van der Waals surface area contributed by atoms with Crippen molar-refractivity contribution in [3.63, 3.8) is 0 Å². The van der Waals surface area contributed by atoms with Gasteiger partial charge in [0.15, 0.2) is 0 Å². The summed E-state index contributed by atoms with van der Waals surface area (Å²) in [7, 11) is 0. The molecule has 0 saturated carbocycles. The molecule has 0 radical (unpaired) electrons. The number of nitrogens with zero attached hydrogens (tertiary/aromatic N) is 4. The molecule has 0 atom stereocenters. The van der Waals surface area contributed by atoms with Gasteiger partial charge >= 0.3 is 0 Å². The van der Waals surface area contributed by atoms with Crippen LogP contribution in [0, 0.1) is 0 Å². The zero-order chi connectivity index (χ0) is 22.2. The molecule has 0 N–H and O–H groups in total. The Kier molecular flexibility index (Phi) is 3.36. The van der Waals surface area contributed by atoms with Gasteiger partial charge in [-0.3, -0.25) is 9.97 Å². The van der Waals surface area contributed by atoms with Crippen LogP contribution in [0.15, 0.2) is 110 Å². The van der Waals surface area contributed by atoms with E-state index in [1.54, 1.807) is 0 Å². The largest absolute Gasteiger partial charge is 0.309 e. The zero-order valence-corrected chi connectivity index (χ0v) is 18.2. The molecule has 0 spiro atoms. The van der Waals surface area contributed by atoms with Crippen LogP contribution < -0.4 is 0 Å². The van der Waals surface area contributed by atoms with Crippen molar-refractivity contribution in [3.05, 3.63) is 110 Å². The number of aromatic nitrogens is 4. The summed E-state index contributed by atoms with van der Waals surface area (Å²) < 4.78 is 4.77. The van der Waals surface area contributed by atoms with E-state index in [4.69, 9.17) is 0 Å². The summed E-state index contributed by atoms with van der Waals surface area (Å²) in [6.45, 7) is 0. The van der Waals surface area contributed by atoms with E-state index in [-0.39, 0.29) is 0 Å². The quantitative estimate of drug-likeness (QED) is 0.213. The molecule has 158 valence electrons. The Labute approximate surface area is 195 Å². The molecule has 4 aromatic carbocycles. The van der Waals surface area contributed by atoms with Crippen molar-refractivity contribution >= 4 is 43.6 Å². The van der Waals surface area contributed by atoms with Crippen LogP contribution in [0.25, 0.3) is 66.1 Å². The van der Waals surface area contributed by atoms with Gasteiger partial charge in [0.2, 0.25) is 0 Å². The zero-order valence-electron chi connectivity index (χ0n) is 18.2. The predicted octanol–water partition coefficient (Wildman–Crippen LogP) is 7.21. The van der Waals surface area contributed by atoms with Gasteiger partial charge in [0.1, 0.15) is 0 Å². The molecule has 2 aliphatic rings. The number of pyridine rings is 4. The molecule has 0 saturated heterocycles. The smallest absolute Gasteiger partial charge is 0.0548 e. The maximum absolute atomic E-state index is 4.27. The molecule has 0 amide bonds. The van der Waals surface area contributed by atoms with Crippen molar-refractivity contribution in [1.29, 1.82) is 0 Å². The first kappa shape index (κ1) is 17.8. The van der Waals surface area contributed by atoms with Gasteiger partial charge in [0, 0.05) is 58.1 Å². The van der Waals surface area contributed by atoms with Gasteiger partial charge in [-0.15, -0.1) is 0 Å². The van der Waals surface area contributed by atoms with Crippen molar-refractivity contribution in [2.75, 3.05) is 0 Å². The first-order chi connectivity index (χ1) is 16.9. The molecule has 6 aromatic rings. The van der Waals surface area contributed by atoms with E-state index in [0.717, 1.165) is 11.4 Å². The van der Waals surface area contributed by atoms with Crippen LogP contribution in [-0.2, 0) is 0 Å². The third-order valence-electron chi connectivity index (χ3n) is 7.06. The minimum Gasteiger partial charge on any atom is -0.309 e. The Balaban J connectivity index is 1.74. The van der Waals surface area contributed by atoms with E-state index < -0.39 is 0 Å². The first-order valence-corrected chi connectivity index (χ1v) is 11.4. The highest BCUT2D eigenvalue weighted by Gasteiger charge is 2.26. The SMILES string of the molecule is c1cc2ccc3c4c2c(c1)n(-c1ccncc1)c1ccc2cccc(c2c1-4)n3-c1ccncc1. The lowest BCUT2D eigenvalue weighted by Crippen LogP contribution is -2.09. The van der Waals surface area contributed by atoms with Crippen molar-refractivity contribution in [3.8, 4) is 22.5 Å². The molecule has 34 heavy (non-hydrogen) atoms. The number of hydrogen-bond donors (Lipinski definition) is 0. The third kappa shape index (κ3) is 2.17. The highest BCUT2D eigenvalue weighted by Crippen LogP contribution is 2.49. The number of hydrogen-bond acceptors (Lipinski definition) is 2. The summed E-state index contributed by atoms with van der Waals surface area (Å²) in [4.78, 5) is 8.54. The standard InChI is InChI=1S/C30H18N4/c1-3-19-7-9-26-29-27(19)23(5-1)33(21-11-15-31-16-12-21)25-10-8-20-4-2-6-24(28(20)30(25)29)34(26)22-13-17-32-18-14-22/h1-18H. The van der Waals surface area contributed by atoms with Gasteiger partial charge in [0.05, 0.1) is 22.1 Å². The Hall–Kier alpha value is -4.70. The maximum Gasteiger partial charge on any atom is 0.0548 e. The van der Waals surface area contributed by atoms with Crippen LogP contribution in [0.4, 0.5) is 0 Å². The number of rotatable bonds is 2. The fourth-order valence-electron chi connectivity index (χ4n) is 5.75. The predicted molar refractivity (Wildman–Crippen MR) is 139 cm³/mol. The Bertz CT molecular complexity index is 1800. The second-order valence-corrected chi connectivity index (χ2v) is 8.75. The van der Waals surface area contributed by atoms with E-state index in [0.29, 0.717) is 0 Å². The summed E-state index contributed by atoms with van der Waals surface area (Å²) in [5.41, 5.74) is 9.62. The van der Waals surface area contributed by atoms with Crippen LogP contribution in [-0.4, -0.2) is 19.1 Å². The number of benzene rings is 4. The molecule has 8 rings (SSSR count). The third-order valence-corrected chi connectivity index (χ3v) is 7.06. The van der Waals surface area contributed by atoms with Crippen molar-refractivity contribution in [2.45, 2.75) is 0 Å². The molecular weight excluding hydrogens is 416 g/mol. The van der Waals surface area contributed by atoms with Crippen LogP contribution >= 0.6 is 0 Å². The van der Waals surface area contributed by atoms with Gasteiger partial charge in [0.25, 0.3) is 0 Å². The lowest BCUT2D eigenvalue weighted by atomic mass is 9.87. The molecule has 4 nitrogen and oxygen atoms in total. The van der Waals surface area contributed by atoms with Crippen LogP contribution in [0.5, 0.6) is 0 Å². The minimum atomic E-state index is 1.11. The van der Waals surface area contributed by atoms with E-state index >= 15 is 0 Å². The van der Waals surface area contributed by atoms with E-state index in [1.165, 1.54) is 54.7 Å². The first-order valence-electron chi connectivity index (χ1n) is 11.4. The van der Waals surface area contributed by atoms with Crippen LogP contribution in [0.2, 0.25) is 0 Å². The molecule has 0 aliphatic carbocycles. The molecule has 4 heterocycles. The Morgan fingerprint density at radius 3 is 1.29 bits per heavy atom. The molecular formula is C30H18N4. The minimum absolute atomic E-state index is 1.11. The maximum atomic E-state index is 4.27. The molecule has 0 fully saturated rings. The lowest BCUT2D eigenvalue weighted by molar-refractivity contribution is 1.12. The van der Waals surface area contributed by atoms with Crippen LogP contribution in [0.1, 0.15) is 0 Å². The van der Waals surface area contributed by atoms with Crippen molar-refractivity contribution < 1.29 is 0 Å². The van der Waals surface area contributed by atoms with Gasteiger partial charge in [-0.25, -0.2) is 0 Å². The second-order valence-electron chi connectivity index (χ2n) is 8.75. The molecule has 0 bridgehead atoms. The molecule has 0 unspecified atom stereocenters. The molecule has 4 heteroatoms. The molecule has 2 aromatic heterocycles. The summed E-state index contributed by atoms with van der Waals surface area (Å²) in [5.74, 6) is 0. The summed E-state index contributed by atoms with van der Waals surface area (Å²) in [6.07, 6.45) is 7.46. The Morgan fingerprint density at radius 2 is 0.853 bits per heavy atom. The molecule has 2 aliphatic heterocycles. The average molecular weight is 435 g/mol. The van der Waals surface area contributed by atoms with Gasteiger partial charge in [-0.2, -0.15) is 0 Å². The fraction of sp³-hybridized carbons (Fsp3) is 0. The van der Waals surface area contributed by atoms with Gasteiger partial charge < -0.3 is 9.13 Å². The van der Waals surface area contributed by atoms with Gasteiger partial charge in [-0.05, 0) is 59.3 Å². The van der Waals surface area contributed by atoms with E-state index in [2.05, 4.69) is 104 Å². The van der Waals surface area contributed by atoms with E-state index in [9.17, 15) is 0 Å². The lowest BCUT2D eigenvalue weighted by Gasteiger charge is -2.28. The second kappa shape index (κ2) is 6.42. The van der Waals surface area contributed by atoms with Gasteiger partial charge in [-0.1, -0.05) is 36.4 Å². The van der Waals surface area contributed by atoms with Crippen molar-refractivity contribution in [2.24, 2.45) is 0 Å². The van der Waals surface area contributed by atoms with Crippen LogP contribution in [0.3, 0.4) is 0 Å². The highest BCUT2D eigenvalue weighted by molar-refractivity contribution is 6.26. The highest BCUT2D eigenvalue weighted by atomic mass is 15.0. The van der Waals surface area contributed by atoms with E-state index in [1.807, 2.05) is 24.8 Å². The normalized spacial score (nSPS) is 12.1. The topological polar surface area (TPSA) is 35.6 Å². The Morgan fingerprint density at radius 1 is 0.412 bits per heavy atom. The summed E-state index contributed by atoms with van der Waals surface area (Å²) >= 11 is 0. The van der Waals surface area contributed by atoms with Crippen molar-refractivity contribution in [1.82, 2.24) is 19.1 Å². The average Bonchev–Trinajstić information content (AvgIpc) is 2.91. The summed E-state index contributed by atoms with van der Waals surface area (Å²) in [6, 6.07) is 30.6. The fourth-order valence-corrected chi connectivity index (χ4v) is 5.75. The monoisotopic (exact) mass is 434 g/mol.